The molecule has 0 saturated carbocycles. The molecule has 0 atom stereocenters. The third-order valence-electron chi connectivity index (χ3n) is 7.00. The Kier molecular flexibility index (Phi) is 6.02. The lowest BCUT2D eigenvalue weighted by atomic mass is 9.59. The third kappa shape index (κ3) is 3.32. The van der Waals surface area contributed by atoms with E-state index in [0.29, 0.717) is 0 Å². The molecule has 0 fully saturated rings. The standard InChI is InChI=1S/C18H22B9Br/c19-9-7(10(20)14(24)15(25)13(9)23)5-1-3-6(4-2-5)8-11(21)16(26)18(28)17(27)12(8)22/h1-4H,19-27H2. The molecule has 0 radical (unpaired) electrons. The lowest BCUT2D eigenvalue weighted by Gasteiger charge is -2.22. The van der Waals surface area contributed by atoms with Crippen molar-refractivity contribution < 1.29 is 0 Å². The van der Waals surface area contributed by atoms with Gasteiger partial charge in [-0.3, -0.25) is 0 Å². The highest BCUT2D eigenvalue weighted by Crippen LogP contribution is 2.20. The van der Waals surface area contributed by atoms with E-state index in [1.807, 2.05) is 0 Å². The van der Waals surface area contributed by atoms with Crippen LogP contribution < -0.4 is 49.2 Å². The molecule has 0 aromatic heterocycles. The second kappa shape index (κ2) is 7.86. The maximum atomic E-state index is 3.76. The van der Waals surface area contributed by atoms with Gasteiger partial charge in [-0.05, 0) is 22.3 Å². The van der Waals surface area contributed by atoms with Crippen LogP contribution in [-0.2, 0) is 0 Å². The zero-order valence-electron chi connectivity index (χ0n) is 18.7. The summed E-state index contributed by atoms with van der Waals surface area (Å²) in [5.41, 5.74) is 17.8. The van der Waals surface area contributed by atoms with Crippen LogP contribution >= 0.6 is 15.9 Å². The maximum Gasteiger partial charge on any atom is 0.140 e. The van der Waals surface area contributed by atoms with Crippen molar-refractivity contribution in [3.05, 3.63) is 28.7 Å². The van der Waals surface area contributed by atoms with E-state index in [1.54, 1.807) is 0 Å². The predicted molar refractivity (Wildman–Crippen MR) is 159 cm³/mol. The van der Waals surface area contributed by atoms with Crippen LogP contribution in [0.2, 0.25) is 0 Å². The van der Waals surface area contributed by atoms with Gasteiger partial charge in [0.25, 0.3) is 0 Å². The molecule has 0 aliphatic heterocycles. The van der Waals surface area contributed by atoms with Crippen LogP contribution in [-0.4, -0.2) is 70.6 Å². The average molecular weight is 416 g/mol. The van der Waals surface area contributed by atoms with Crippen LogP contribution in [0.4, 0.5) is 0 Å². The van der Waals surface area contributed by atoms with Gasteiger partial charge in [-0.1, -0.05) is 73.0 Å². The predicted octanol–water partition coefficient (Wildman–Crippen LogP) is -9.89. The lowest BCUT2D eigenvalue weighted by molar-refractivity contribution is 1.67. The Hall–Kier alpha value is -1.28. The first-order valence-corrected chi connectivity index (χ1v) is 10.8. The lowest BCUT2D eigenvalue weighted by Crippen LogP contribution is -2.55. The highest BCUT2D eigenvalue weighted by Gasteiger charge is 2.16. The van der Waals surface area contributed by atoms with Crippen LogP contribution in [0.15, 0.2) is 28.7 Å². The molecule has 0 spiro atoms. The van der Waals surface area contributed by atoms with Gasteiger partial charge in [0.2, 0.25) is 0 Å². The molecule has 0 nitrogen and oxygen atoms in total. The average Bonchev–Trinajstić information content (AvgIpc) is 2.69. The summed E-state index contributed by atoms with van der Waals surface area (Å²) >= 11 is 3.76. The number of benzene rings is 3. The Balaban J connectivity index is 2.18. The number of hydrogen-bond acceptors (Lipinski definition) is 0. The van der Waals surface area contributed by atoms with E-state index in [2.05, 4.69) is 111 Å². The number of halogens is 1. The molecule has 3 aromatic rings. The normalized spacial score (nSPS) is 10.9. The third-order valence-corrected chi connectivity index (χ3v) is 8.19. The largest absolute Gasteiger partial charge is 0.140 e. The Morgan fingerprint density at radius 2 is 0.643 bits per heavy atom. The van der Waals surface area contributed by atoms with E-state index in [-0.39, 0.29) is 0 Å². The molecule has 3 aromatic carbocycles. The fraction of sp³-hybridized carbons (Fsp3) is 0. The molecule has 0 aliphatic carbocycles. The second-order valence-electron chi connectivity index (χ2n) is 8.27. The van der Waals surface area contributed by atoms with Crippen molar-refractivity contribution >= 4 is 136 Å². The highest BCUT2D eigenvalue weighted by molar-refractivity contribution is 9.10. The monoisotopic (exact) mass is 416 g/mol. The van der Waals surface area contributed by atoms with Crippen molar-refractivity contribution in [3.63, 3.8) is 0 Å². The first-order chi connectivity index (χ1) is 13.1. The van der Waals surface area contributed by atoms with Gasteiger partial charge >= 0.3 is 0 Å². The van der Waals surface area contributed by atoms with Crippen LogP contribution in [0.25, 0.3) is 22.3 Å². The molecule has 0 saturated heterocycles. The molecule has 0 N–H and O–H groups in total. The van der Waals surface area contributed by atoms with Crippen molar-refractivity contribution in [3.8, 4) is 22.3 Å². The van der Waals surface area contributed by atoms with Gasteiger partial charge in [0, 0.05) is 4.47 Å². The van der Waals surface area contributed by atoms with E-state index in [4.69, 9.17) is 0 Å². The van der Waals surface area contributed by atoms with Crippen molar-refractivity contribution in [2.24, 2.45) is 0 Å². The SMILES string of the molecule is Bc1c(B)c(B)c(-c2ccc(-c3c(B)c(B)c(Br)c(B)c3B)cc2)c(B)c1B. The van der Waals surface area contributed by atoms with E-state index >= 15 is 0 Å². The fourth-order valence-corrected chi connectivity index (χ4v) is 5.03. The van der Waals surface area contributed by atoms with Crippen LogP contribution in [0, 0.1) is 0 Å². The number of hydrogen-bond donors (Lipinski definition) is 0. The molecule has 128 valence electrons. The van der Waals surface area contributed by atoms with Gasteiger partial charge in [0.05, 0.1) is 0 Å². The zero-order valence-corrected chi connectivity index (χ0v) is 20.3. The maximum absolute atomic E-state index is 3.76. The minimum absolute atomic E-state index is 1.24. The second-order valence-corrected chi connectivity index (χ2v) is 9.06. The van der Waals surface area contributed by atoms with Crippen molar-refractivity contribution in [2.45, 2.75) is 0 Å². The Bertz CT molecular complexity index is 961. The van der Waals surface area contributed by atoms with Crippen molar-refractivity contribution in [2.75, 3.05) is 0 Å². The summed E-state index contributed by atoms with van der Waals surface area (Å²) in [7, 11) is 20.1. The smallest absolute Gasteiger partial charge is 0.102 e. The summed E-state index contributed by atoms with van der Waals surface area (Å²) in [4.78, 5) is 0. The molecule has 0 heterocycles. The number of rotatable bonds is 2. The molecule has 0 bridgehead atoms. The molecular formula is C18H22B9Br. The minimum Gasteiger partial charge on any atom is -0.102 e. The summed E-state index contributed by atoms with van der Waals surface area (Å²) < 4.78 is 1.24. The molecule has 28 heavy (non-hydrogen) atoms. The van der Waals surface area contributed by atoms with Gasteiger partial charge in [-0.15, -0.1) is 16.4 Å². The molecule has 10 heteroatoms. The molecular weight excluding hydrogens is 393 g/mol. The van der Waals surface area contributed by atoms with E-state index < -0.39 is 0 Å². The quantitative estimate of drug-likeness (QED) is 0.365. The van der Waals surface area contributed by atoms with Gasteiger partial charge in [-0.2, -0.15) is 0 Å². The first kappa shape index (κ1) is 21.4. The minimum atomic E-state index is 1.24. The highest BCUT2D eigenvalue weighted by atomic mass is 79.9. The van der Waals surface area contributed by atoms with Gasteiger partial charge in [0.1, 0.15) is 70.6 Å². The Morgan fingerprint density at radius 3 is 0.964 bits per heavy atom. The van der Waals surface area contributed by atoms with Gasteiger partial charge in [-0.25, -0.2) is 0 Å². The van der Waals surface area contributed by atoms with E-state index in [0.717, 1.165) is 0 Å². The molecule has 0 unspecified atom stereocenters. The Labute approximate surface area is 186 Å². The van der Waals surface area contributed by atoms with E-state index in [9.17, 15) is 0 Å². The molecule has 3 rings (SSSR count). The van der Waals surface area contributed by atoms with Gasteiger partial charge in [0.15, 0.2) is 0 Å². The van der Waals surface area contributed by atoms with Gasteiger partial charge < -0.3 is 0 Å². The summed E-state index contributed by atoms with van der Waals surface area (Å²) in [5.74, 6) is 0. The topological polar surface area (TPSA) is 0 Å². The van der Waals surface area contributed by atoms with Crippen LogP contribution in [0.1, 0.15) is 0 Å². The van der Waals surface area contributed by atoms with E-state index in [1.165, 1.54) is 75.9 Å². The van der Waals surface area contributed by atoms with Crippen LogP contribution in [0.5, 0.6) is 0 Å². The van der Waals surface area contributed by atoms with Crippen LogP contribution in [0.3, 0.4) is 0 Å². The summed E-state index contributed by atoms with van der Waals surface area (Å²) in [6.45, 7) is 0. The fourth-order valence-electron chi connectivity index (χ4n) is 4.44. The van der Waals surface area contributed by atoms with Crippen molar-refractivity contribution in [1.29, 1.82) is 0 Å². The molecule has 0 amide bonds. The summed E-state index contributed by atoms with van der Waals surface area (Å²) in [5, 5.41) is 0. The zero-order chi connectivity index (χ0) is 20.9. The first-order valence-electron chi connectivity index (χ1n) is 10.0. The van der Waals surface area contributed by atoms with Crippen molar-refractivity contribution in [1.82, 2.24) is 0 Å². The summed E-state index contributed by atoms with van der Waals surface area (Å²) in [6, 6.07) is 9.18. The Morgan fingerprint density at radius 1 is 0.393 bits per heavy atom. The summed E-state index contributed by atoms with van der Waals surface area (Å²) in [6.07, 6.45) is 0. The molecule has 0 aliphatic rings.